The Morgan fingerprint density at radius 2 is 1.39 bits per heavy atom. The van der Waals surface area contributed by atoms with Crippen LogP contribution >= 0.6 is 35.4 Å². The van der Waals surface area contributed by atoms with E-state index in [2.05, 4.69) is 21.5 Å². The van der Waals surface area contributed by atoms with E-state index in [4.69, 9.17) is 35.4 Å². The van der Waals surface area contributed by atoms with Crippen molar-refractivity contribution < 1.29 is 4.79 Å². The summed E-state index contributed by atoms with van der Waals surface area (Å²) in [4.78, 5) is 12.1. The van der Waals surface area contributed by atoms with Gasteiger partial charge in [0.25, 0.3) is 5.91 Å². The van der Waals surface area contributed by atoms with Crippen LogP contribution in [0.4, 0.5) is 17.1 Å². The van der Waals surface area contributed by atoms with Gasteiger partial charge in [-0.3, -0.25) is 15.6 Å². The third-order valence-electron chi connectivity index (χ3n) is 3.68. The van der Waals surface area contributed by atoms with Crippen LogP contribution in [0, 0.1) is 0 Å². The zero-order chi connectivity index (χ0) is 19.9. The van der Waals surface area contributed by atoms with E-state index in [0.29, 0.717) is 15.6 Å². The minimum absolute atomic E-state index is 0.247. The number of thiocarbonyl (C=S) groups is 1. The predicted molar refractivity (Wildman–Crippen MR) is 119 cm³/mol. The van der Waals surface area contributed by atoms with Crippen molar-refractivity contribution >= 4 is 63.5 Å². The third-order valence-corrected chi connectivity index (χ3v) is 4.62. The summed E-state index contributed by atoms with van der Waals surface area (Å²) in [7, 11) is 0. The molecule has 8 heteroatoms. The van der Waals surface area contributed by atoms with E-state index in [1.165, 1.54) is 6.07 Å². The van der Waals surface area contributed by atoms with Crippen molar-refractivity contribution in [1.82, 2.24) is 10.9 Å². The van der Waals surface area contributed by atoms with Gasteiger partial charge in [-0.2, -0.15) is 0 Å². The molecule has 0 aliphatic heterocycles. The fourth-order valence-electron chi connectivity index (χ4n) is 2.31. The van der Waals surface area contributed by atoms with Crippen LogP contribution in [0.25, 0.3) is 0 Å². The van der Waals surface area contributed by atoms with Crippen molar-refractivity contribution in [2.75, 3.05) is 10.6 Å². The normalized spacial score (nSPS) is 10.1. The van der Waals surface area contributed by atoms with E-state index in [-0.39, 0.29) is 11.0 Å². The number of hydrogen-bond acceptors (Lipinski definition) is 3. The van der Waals surface area contributed by atoms with E-state index in [1.807, 2.05) is 54.6 Å². The molecule has 28 heavy (non-hydrogen) atoms. The van der Waals surface area contributed by atoms with Gasteiger partial charge < -0.3 is 10.6 Å². The largest absolute Gasteiger partial charge is 0.356 e. The molecule has 0 heterocycles. The van der Waals surface area contributed by atoms with Crippen molar-refractivity contribution in [1.29, 1.82) is 0 Å². The lowest BCUT2D eigenvalue weighted by Crippen LogP contribution is -2.43. The zero-order valence-electron chi connectivity index (χ0n) is 14.5. The topological polar surface area (TPSA) is 65.2 Å². The number of nitrogens with one attached hydrogen (secondary N) is 4. The lowest BCUT2D eigenvalue weighted by Gasteiger charge is -2.13. The second-order valence-corrected chi connectivity index (χ2v) is 6.95. The first-order chi connectivity index (χ1) is 13.5. The lowest BCUT2D eigenvalue weighted by atomic mass is 10.2. The summed E-state index contributed by atoms with van der Waals surface area (Å²) < 4.78 is 0. The molecule has 3 rings (SSSR count). The molecular formula is C20H16Cl2N4OS. The molecule has 0 aromatic heterocycles. The van der Waals surface area contributed by atoms with E-state index >= 15 is 0 Å². The quantitative estimate of drug-likeness (QED) is 0.331. The fraction of sp³-hybridized carbons (Fsp3) is 0. The zero-order valence-corrected chi connectivity index (χ0v) is 16.8. The molecule has 0 unspecified atom stereocenters. The monoisotopic (exact) mass is 430 g/mol. The highest BCUT2D eigenvalue weighted by Gasteiger charge is 2.08. The molecule has 0 bridgehead atoms. The number of halogens is 2. The van der Waals surface area contributed by atoms with Crippen LogP contribution in [0.2, 0.25) is 10.0 Å². The summed E-state index contributed by atoms with van der Waals surface area (Å²) in [6.45, 7) is 0. The van der Waals surface area contributed by atoms with Crippen LogP contribution in [-0.4, -0.2) is 11.0 Å². The molecule has 0 fully saturated rings. The first-order valence-electron chi connectivity index (χ1n) is 8.26. The minimum Gasteiger partial charge on any atom is -0.356 e. The Kier molecular flexibility index (Phi) is 6.71. The standard InChI is InChI=1S/C20H16Cl2N4OS/c21-17-11-6-13(12-18(17)22)19(27)25-26-20(28)24-16-9-7-15(8-10-16)23-14-4-2-1-3-5-14/h1-12,23H,(H,25,27)(H2,24,26,28). The number of hydrazine groups is 1. The molecule has 142 valence electrons. The van der Waals surface area contributed by atoms with E-state index < -0.39 is 0 Å². The van der Waals surface area contributed by atoms with Gasteiger partial charge in [0.05, 0.1) is 10.0 Å². The number of para-hydroxylation sites is 1. The first kappa shape index (κ1) is 19.9. The molecular weight excluding hydrogens is 415 g/mol. The molecule has 0 spiro atoms. The van der Waals surface area contributed by atoms with Crippen LogP contribution in [0.15, 0.2) is 72.8 Å². The number of hydrogen-bond donors (Lipinski definition) is 4. The highest BCUT2D eigenvalue weighted by molar-refractivity contribution is 7.80. The summed E-state index contributed by atoms with van der Waals surface area (Å²) in [5.74, 6) is -0.384. The molecule has 0 saturated carbocycles. The average Bonchev–Trinajstić information content (AvgIpc) is 2.70. The summed E-state index contributed by atoms with van der Waals surface area (Å²) >= 11 is 17.0. The maximum atomic E-state index is 12.1. The lowest BCUT2D eigenvalue weighted by molar-refractivity contribution is 0.0944. The van der Waals surface area contributed by atoms with Crippen LogP contribution in [-0.2, 0) is 0 Å². The Labute approximate surface area is 178 Å². The van der Waals surface area contributed by atoms with Gasteiger partial charge >= 0.3 is 0 Å². The number of amides is 1. The first-order valence-corrected chi connectivity index (χ1v) is 9.42. The molecule has 3 aromatic rings. The van der Waals surface area contributed by atoms with Gasteiger partial charge in [-0.25, -0.2) is 0 Å². The van der Waals surface area contributed by atoms with Crippen LogP contribution in [0.1, 0.15) is 10.4 Å². The molecule has 1 amide bonds. The van der Waals surface area contributed by atoms with Crippen molar-refractivity contribution in [3.8, 4) is 0 Å². The maximum absolute atomic E-state index is 12.1. The SMILES string of the molecule is O=C(NNC(=S)Nc1ccc(Nc2ccccc2)cc1)c1ccc(Cl)c(Cl)c1. The van der Waals surface area contributed by atoms with Gasteiger partial charge in [-0.05, 0) is 66.8 Å². The van der Waals surface area contributed by atoms with E-state index in [1.54, 1.807) is 12.1 Å². The molecule has 0 atom stereocenters. The average molecular weight is 431 g/mol. The molecule has 4 N–H and O–H groups in total. The molecule has 0 radical (unpaired) electrons. The Bertz CT molecular complexity index is 981. The molecule has 0 aliphatic rings. The fourth-order valence-corrected chi connectivity index (χ4v) is 2.78. The number of carbonyl (C=O) groups is 1. The molecule has 0 aliphatic carbocycles. The number of carbonyl (C=O) groups excluding carboxylic acids is 1. The van der Waals surface area contributed by atoms with Gasteiger partial charge in [-0.1, -0.05) is 41.4 Å². The minimum atomic E-state index is -0.384. The highest BCUT2D eigenvalue weighted by Crippen LogP contribution is 2.22. The number of benzene rings is 3. The van der Waals surface area contributed by atoms with Gasteiger partial charge in [-0.15, -0.1) is 0 Å². The van der Waals surface area contributed by atoms with Gasteiger partial charge in [0.1, 0.15) is 0 Å². The van der Waals surface area contributed by atoms with Crippen molar-refractivity contribution in [3.05, 3.63) is 88.4 Å². The number of rotatable bonds is 4. The Morgan fingerprint density at radius 3 is 2.07 bits per heavy atom. The summed E-state index contributed by atoms with van der Waals surface area (Å²) in [5.41, 5.74) is 8.24. The molecule has 0 saturated heterocycles. The Balaban J connectivity index is 1.50. The predicted octanol–water partition coefficient (Wildman–Crippen LogP) is 5.37. The number of anilines is 3. The third kappa shape index (κ3) is 5.60. The van der Waals surface area contributed by atoms with Crippen molar-refractivity contribution in [2.45, 2.75) is 0 Å². The Morgan fingerprint density at radius 1 is 0.750 bits per heavy atom. The smallest absolute Gasteiger partial charge is 0.269 e. The second kappa shape index (κ2) is 9.41. The van der Waals surface area contributed by atoms with E-state index in [0.717, 1.165) is 17.1 Å². The molecule has 5 nitrogen and oxygen atoms in total. The summed E-state index contributed by atoms with van der Waals surface area (Å²) in [6.07, 6.45) is 0. The Hall–Kier alpha value is -2.80. The highest BCUT2D eigenvalue weighted by atomic mass is 35.5. The van der Waals surface area contributed by atoms with Crippen LogP contribution < -0.4 is 21.5 Å². The van der Waals surface area contributed by atoms with Crippen molar-refractivity contribution in [3.63, 3.8) is 0 Å². The van der Waals surface area contributed by atoms with Crippen LogP contribution in [0.5, 0.6) is 0 Å². The summed E-state index contributed by atoms with van der Waals surface area (Å²) in [5, 5.41) is 7.22. The maximum Gasteiger partial charge on any atom is 0.269 e. The summed E-state index contributed by atoms with van der Waals surface area (Å²) in [6, 6.07) is 22.1. The molecule has 3 aromatic carbocycles. The van der Waals surface area contributed by atoms with Crippen LogP contribution in [0.3, 0.4) is 0 Å². The van der Waals surface area contributed by atoms with Gasteiger partial charge in [0.15, 0.2) is 5.11 Å². The van der Waals surface area contributed by atoms with Crippen molar-refractivity contribution in [2.24, 2.45) is 0 Å². The van der Waals surface area contributed by atoms with Gasteiger partial charge in [0.2, 0.25) is 0 Å². The second-order valence-electron chi connectivity index (χ2n) is 5.73. The van der Waals surface area contributed by atoms with E-state index in [9.17, 15) is 4.79 Å². The van der Waals surface area contributed by atoms with Gasteiger partial charge in [0, 0.05) is 22.6 Å².